The molecule has 2 aliphatic rings. The lowest BCUT2D eigenvalue weighted by molar-refractivity contribution is -0.124. The molecule has 8 nitrogen and oxygen atoms in total. The van der Waals surface area contributed by atoms with Gasteiger partial charge in [0, 0.05) is 31.6 Å². The van der Waals surface area contributed by atoms with Crippen molar-refractivity contribution in [3.05, 3.63) is 48.3 Å². The van der Waals surface area contributed by atoms with Crippen LogP contribution in [0, 0.1) is 5.82 Å². The summed E-state index contributed by atoms with van der Waals surface area (Å²) in [5.41, 5.74) is 1.97. The molecule has 0 aliphatic carbocycles. The second-order valence-corrected chi connectivity index (χ2v) is 7.36. The van der Waals surface area contributed by atoms with Crippen molar-refractivity contribution in [2.45, 2.75) is 12.8 Å². The van der Waals surface area contributed by atoms with E-state index in [1.807, 2.05) is 4.90 Å². The van der Waals surface area contributed by atoms with Crippen LogP contribution >= 0.6 is 0 Å². The number of ether oxygens (including phenoxy) is 1. The standard InChI is InChI=1S/C22H23FN4O4/c23-16-13-15(5-6-18(16)26-9-11-31-12-10-26)24-20(28)7-8-22(30)27-14-21(29)25-17-3-1-2-4-19(17)27/h1-6,13H,7-12,14H2,(H,24,28)(H,25,29). The van der Waals surface area contributed by atoms with Gasteiger partial charge < -0.3 is 25.2 Å². The zero-order valence-electron chi connectivity index (χ0n) is 16.9. The fourth-order valence-corrected chi connectivity index (χ4v) is 3.68. The number of fused-ring (bicyclic) bond motifs is 1. The minimum absolute atomic E-state index is 0.0677. The Morgan fingerprint density at radius 1 is 1.06 bits per heavy atom. The highest BCUT2D eigenvalue weighted by Gasteiger charge is 2.26. The van der Waals surface area contributed by atoms with E-state index in [9.17, 15) is 18.8 Å². The van der Waals surface area contributed by atoms with Gasteiger partial charge in [0.25, 0.3) is 0 Å². The number of nitrogens with zero attached hydrogens (tertiary/aromatic N) is 2. The zero-order chi connectivity index (χ0) is 21.8. The van der Waals surface area contributed by atoms with Crippen LogP contribution in [-0.2, 0) is 19.1 Å². The molecule has 0 spiro atoms. The van der Waals surface area contributed by atoms with Crippen LogP contribution in [0.25, 0.3) is 0 Å². The highest BCUT2D eigenvalue weighted by Crippen LogP contribution is 2.29. The molecule has 0 atom stereocenters. The Labute approximate surface area is 179 Å². The first-order chi connectivity index (χ1) is 15.0. The van der Waals surface area contributed by atoms with Crippen molar-refractivity contribution in [3.8, 4) is 0 Å². The number of hydrogen-bond acceptors (Lipinski definition) is 5. The molecule has 0 unspecified atom stereocenters. The maximum Gasteiger partial charge on any atom is 0.244 e. The van der Waals surface area contributed by atoms with Crippen LogP contribution in [0.3, 0.4) is 0 Å². The Morgan fingerprint density at radius 2 is 1.84 bits per heavy atom. The maximum absolute atomic E-state index is 14.5. The smallest absolute Gasteiger partial charge is 0.244 e. The topological polar surface area (TPSA) is 91.0 Å². The normalized spacial score (nSPS) is 15.8. The van der Waals surface area contributed by atoms with Crippen molar-refractivity contribution < 1.29 is 23.5 Å². The van der Waals surface area contributed by atoms with Gasteiger partial charge in [0.1, 0.15) is 12.4 Å². The summed E-state index contributed by atoms with van der Waals surface area (Å²) < 4.78 is 19.8. The molecule has 2 aliphatic heterocycles. The van der Waals surface area contributed by atoms with E-state index < -0.39 is 11.7 Å². The number of carbonyl (C=O) groups is 3. The van der Waals surface area contributed by atoms with Gasteiger partial charge in [-0.25, -0.2) is 4.39 Å². The van der Waals surface area contributed by atoms with Gasteiger partial charge in [-0.2, -0.15) is 0 Å². The fourth-order valence-electron chi connectivity index (χ4n) is 3.68. The number of benzene rings is 2. The van der Waals surface area contributed by atoms with Crippen LogP contribution < -0.4 is 20.4 Å². The number of rotatable bonds is 5. The number of hydrogen-bond donors (Lipinski definition) is 2. The molecule has 1 fully saturated rings. The summed E-state index contributed by atoms with van der Waals surface area (Å²) in [7, 11) is 0. The van der Waals surface area contributed by atoms with E-state index in [0.29, 0.717) is 49.1 Å². The number of amides is 3. The lowest BCUT2D eigenvalue weighted by atomic mass is 10.1. The monoisotopic (exact) mass is 426 g/mol. The third-order valence-corrected chi connectivity index (χ3v) is 5.22. The molecule has 0 saturated carbocycles. The Morgan fingerprint density at radius 3 is 2.61 bits per heavy atom. The molecule has 162 valence electrons. The minimum Gasteiger partial charge on any atom is -0.378 e. The predicted octanol–water partition coefficient (Wildman–Crippen LogP) is 2.37. The van der Waals surface area contributed by atoms with Gasteiger partial charge in [0.2, 0.25) is 17.7 Å². The Bertz CT molecular complexity index is 1010. The number of anilines is 4. The van der Waals surface area contributed by atoms with E-state index in [0.717, 1.165) is 0 Å². The van der Waals surface area contributed by atoms with Crippen LogP contribution in [0.15, 0.2) is 42.5 Å². The number of morpholine rings is 1. The van der Waals surface area contributed by atoms with E-state index >= 15 is 0 Å². The quantitative estimate of drug-likeness (QED) is 0.766. The van der Waals surface area contributed by atoms with Gasteiger partial charge in [-0.05, 0) is 30.3 Å². The van der Waals surface area contributed by atoms with E-state index in [2.05, 4.69) is 10.6 Å². The van der Waals surface area contributed by atoms with E-state index in [1.54, 1.807) is 36.4 Å². The molecule has 1 saturated heterocycles. The number of para-hydroxylation sites is 2. The first-order valence-corrected chi connectivity index (χ1v) is 10.1. The van der Waals surface area contributed by atoms with Gasteiger partial charge in [-0.1, -0.05) is 12.1 Å². The van der Waals surface area contributed by atoms with Crippen LogP contribution in [0.2, 0.25) is 0 Å². The lowest BCUT2D eigenvalue weighted by Crippen LogP contribution is -2.42. The summed E-state index contributed by atoms with van der Waals surface area (Å²) in [6, 6.07) is 11.5. The molecule has 9 heteroatoms. The Kier molecular flexibility index (Phi) is 6.13. The molecule has 2 heterocycles. The van der Waals surface area contributed by atoms with Gasteiger partial charge >= 0.3 is 0 Å². The van der Waals surface area contributed by atoms with Crippen molar-refractivity contribution in [1.82, 2.24) is 0 Å². The van der Waals surface area contributed by atoms with Gasteiger partial charge in [-0.15, -0.1) is 0 Å². The highest BCUT2D eigenvalue weighted by molar-refractivity contribution is 6.10. The molecule has 0 radical (unpaired) electrons. The average Bonchev–Trinajstić information content (AvgIpc) is 2.77. The largest absolute Gasteiger partial charge is 0.378 e. The van der Waals surface area contributed by atoms with Crippen molar-refractivity contribution in [1.29, 1.82) is 0 Å². The van der Waals surface area contributed by atoms with Gasteiger partial charge in [0.15, 0.2) is 0 Å². The zero-order valence-corrected chi connectivity index (χ0v) is 16.9. The molecule has 2 N–H and O–H groups in total. The maximum atomic E-state index is 14.5. The third kappa shape index (κ3) is 4.83. The molecule has 4 rings (SSSR count). The fraction of sp³-hybridized carbons (Fsp3) is 0.318. The summed E-state index contributed by atoms with van der Waals surface area (Å²) in [4.78, 5) is 40.1. The Balaban J connectivity index is 1.34. The van der Waals surface area contributed by atoms with E-state index in [4.69, 9.17) is 4.74 Å². The summed E-state index contributed by atoms with van der Waals surface area (Å²) in [5.74, 6) is -1.44. The molecule has 2 aromatic rings. The first-order valence-electron chi connectivity index (χ1n) is 10.1. The minimum atomic E-state index is -0.424. The number of carbonyl (C=O) groups excluding carboxylic acids is 3. The predicted molar refractivity (Wildman–Crippen MR) is 115 cm³/mol. The average molecular weight is 426 g/mol. The highest BCUT2D eigenvalue weighted by atomic mass is 19.1. The van der Waals surface area contributed by atoms with Crippen LogP contribution in [0.5, 0.6) is 0 Å². The van der Waals surface area contributed by atoms with Gasteiger partial charge in [0.05, 0.1) is 30.3 Å². The summed E-state index contributed by atoms with van der Waals surface area (Å²) in [6.45, 7) is 2.24. The first kappa shape index (κ1) is 20.8. The van der Waals surface area contributed by atoms with Crippen molar-refractivity contribution in [3.63, 3.8) is 0 Å². The molecular formula is C22H23FN4O4. The second kappa shape index (κ2) is 9.13. The number of halogens is 1. The number of nitrogens with one attached hydrogen (secondary N) is 2. The second-order valence-electron chi connectivity index (χ2n) is 7.36. The molecular weight excluding hydrogens is 403 g/mol. The molecule has 0 bridgehead atoms. The molecule has 0 aromatic heterocycles. The Hall–Kier alpha value is -3.46. The van der Waals surface area contributed by atoms with Crippen molar-refractivity contribution >= 4 is 40.5 Å². The van der Waals surface area contributed by atoms with Crippen molar-refractivity contribution in [2.75, 3.05) is 53.3 Å². The van der Waals surface area contributed by atoms with Crippen LogP contribution in [0.4, 0.5) is 27.1 Å². The van der Waals surface area contributed by atoms with Crippen LogP contribution in [-0.4, -0.2) is 50.6 Å². The van der Waals surface area contributed by atoms with Crippen LogP contribution in [0.1, 0.15) is 12.8 Å². The molecule has 3 amide bonds. The van der Waals surface area contributed by atoms with Gasteiger partial charge in [-0.3, -0.25) is 14.4 Å². The van der Waals surface area contributed by atoms with E-state index in [-0.39, 0.29) is 31.2 Å². The SMILES string of the molecule is O=C(CCC(=O)N1CC(=O)Nc2ccccc21)Nc1ccc(N2CCOCC2)c(F)c1. The van der Waals surface area contributed by atoms with Crippen molar-refractivity contribution in [2.24, 2.45) is 0 Å². The summed E-state index contributed by atoms with van der Waals surface area (Å²) in [6.07, 6.45) is -0.145. The summed E-state index contributed by atoms with van der Waals surface area (Å²) in [5, 5.41) is 5.34. The third-order valence-electron chi connectivity index (χ3n) is 5.22. The molecule has 31 heavy (non-hydrogen) atoms. The lowest BCUT2D eigenvalue weighted by Gasteiger charge is -2.29. The molecule has 2 aromatic carbocycles. The summed E-state index contributed by atoms with van der Waals surface area (Å²) >= 11 is 0. The van der Waals surface area contributed by atoms with E-state index in [1.165, 1.54) is 11.0 Å².